The molecule has 0 aliphatic carbocycles. The van der Waals surface area contributed by atoms with Crippen LogP contribution in [-0.4, -0.2) is 17.5 Å². The SMILES string of the molecule is O=C(COc1cccc(C(F)(F)F)c1)Nc1ccc(-c2nc3cc(Cl)ccc3o2)cc1. The Morgan fingerprint density at radius 1 is 1.06 bits per heavy atom. The van der Waals surface area contributed by atoms with Gasteiger partial charge in [-0.1, -0.05) is 17.7 Å². The summed E-state index contributed by atoms with van der Waals surface area (Å²) in [6, 6.07) is 16.2. The second-order valence-electron chi connectivity index (χ2n) is 6.57. The Hall–Kier alpha value is -3.52. The number of rotatable bonds is 5. The maximum absolute atomic E-state index is 12.7. The number of fused-ring (bicyclic) bond motifs is 1. The average Bonchev–Trinajstić information content (AvgIpc) is 3.15. The molecule has 0 aliphatic rings. The summed E-state index contributed by atoms with van der Waals surface area (Å²) in [6.45, 7) is -0.436. The molecule has 1 heterocycles. The van der Waals surface area contributed by atoms with Crippen LogP contribution in [0.1, 0.15) is 5.56 Å². The van der Waals surface area contributed by atoms with E-state index in [2.05, 4.69) is 10.3 Å². The van der Waals surface area contributed by atoms with E-state index in [-0.39, 0.29) is 5.75 Å². The highest BCUT2D eigenvalue weighted by Crippen LogP contribution is 2.31. The van der Waals surface area contributed by atoms with E-state index in [1.807, 2.05) is 0 Å². The molecule has 1 amide bonds. The van der Waals surface area contributed by atoms with E-state index in [0.717, 1.165) is 12.1 Å². The molecule has 0 saturated heterocycles. The van der Waals surface area contributed by atoms with Crippen LogP contribution in [0, 0.1) is 0 Å². The maximum atomic E-state index is 12.7. The molecule has 0 bridgehead atoms. The van der Waals surface area contributed by atoms with Crippen molar-refractivity contribution in [2.45, 2.75) is 6.18 Å². The fourth-order valence-electron chi connectivity index (χ4n) is 2.83. The molecule has 0 atom stereocenters. The van der Waals surface area contributed by atoms with Crippen molar-refractivity contribution in [3.8, 4) is 17.2 Å². The number of nitrogens with one attached hydrogen (secondary N) is 1. The first kappa shape index (κ1) is 20.7. The van der Waals surface area contributed by atoms with Crippen LogP contribution >= 0.6 is 11.6 Å². The van der Waals surface area contributed by atoms with Crippen molar-refractivity contribution < 1.29 is 27.1 Å². The van der Waals surface area contributed by atoms with Gasteiger partial charge in [0, 0.05) is 16.3 Å². The van der Waals surface area contributed by atoms with Gasteiger partial charge in [0.1, 0.15) is 11.3 Å². The first-order valence-corrected chi connectivity index (χ1v) is 9.42. The molecule has 4 aromatic rings. The molecule has 0 saturated carbocycles. The minimum Gasteiger partial charge on any atom is -0.484 e. The molecule has 4 rings (SSSR count). The van der Waals surface area contributed by atoms with E-state index >= 15 is 0 Å². The van der Waals surface area contributed by atoms with Crippen LogP contribution in [0.4, 0.5) is 18.9 Å². The summed E-state index contributed by atoms with van der Waals surface area (Å²) in [5.74, 6) is -0.152. The number of benzene rings is 3. The fourth-order valence-corrected chi connectivity index (χ4v) is 2.99. The van der Waals surface area contributed by atoms with Crippen molar-refractivity contribution in [2.24, 2.45) is 0 Å². The third-order valence-electron chi connectivity index (χ3n) is 4.30. The molecule has 0 fully saturated rings. The third-order valence-corrected chi connectivity index (χ3v) is 4.53. The number of oxazole rings is 1. The second kappa shape index (κ2) is 8.31. The second-order valence-corrected chi connectivity index (χ2v) is 7.01. The lowest BCUT2D eigenvalue weighted by Gasteiger charge is -2.10. The van der Waals surface area contributed by atoms with Gasteiger partial charge < -0.3 is 14.5 Å². The summed E-state index contributed by atoms with van der Waals surface area (Å²) in [6.07, 6.45) is -4.48. The van der Waals surface area contributed by atoms with E-state index in [9.17, 15) is 18.0 Å². The third kappa shape index (κ3) is 4.97. The van der Waals surface area contributed by atoms with Crippen LogP contribution in [0.25, 0.3) is 22.6 Å². The number of nitrogens with zero attached hydrogens (tertiary/aromatic N) is 1. The quantitative estimate of drug-likeness (QED) is 0.397. The first-order valence-electron chi connectivity index (χ1n) is 9.04. The van der Waals surface area contributed by atoms with Crippen molar-refractivity contribution in [3.63, 3.8) is 0 Å². The zero-order valence-electron chi connectivity index (χ0n) is 15.7. The molecule has 3 aromatic carbocycles. The molecular weight excluding hydrogens is 433 g/mol. The number of ether oxygens (including phenoxy) is 1. The van der Waals surface area contributed by atoms with Crippen molar-refractivity contribution >= 4 is 34.3 Å². The minimum atomic E-state index is -4.48. The average molecular weight is 447 g/mol. The van der Waals surface area contributed by atoms with Crippen LogP contribution in [0.3, 0.4) is 0 Å². The Morgan fingerprint density at radius 2 is 1.84 bits per heavy atom. The van der Waals surface area contributed by atoms with Crippen molar-refractivity contribution in [1.82, 2.24) is 4.98 Å². The van der Waals surface area contributed by atoms with E-state index < -0.39 is 24.3 Å². The molecule has 0 radical (unpaired) electrons. The first-order chi connectivity index (χ1) is 14.8. The zero-order chi connectivity index (χ0) is 22.0. The van der Waals surface area contributed by atoms with Gasteiger partial charge in [-0.15, -0.1) is 0 Å². The van der Waals surface area contributed by atoms with E-state index in [0.29, 0.717) is 33.3 Å². The number of anilines is 1. The molecule has 0 unspecified atom stereocenters. The van der Waals surface area contributed by atoms with Gasteiger partial charge in [0.2, 0.25) is 5.89 Å². The van der Waals surface area contributed by atoms with Gasteiger partial charge in [0.25, 0.3) is 5.91 Å². The maximum Gasteiger partial charge on any atom is 0.416 e. The minimum absolute atomic E-state index is 0.0450. The number of aromatic nitrogens is 1. The standard InChI is InChI=1S/C22H14ClF3N2O3/c23-15-6-9-19-18(11-15)28-21(31-19)13-4-7-16(8-5-13)27-20(29)12-30-17-3-1-2-14(10-17)22(24,25)26/h1-11H,12H2,(H,27,29). The van der Waals surface area contributed by atoms with E-state index in [1.54, 1.807) is 42.5 Å². The number of hydrogen-bond donors (Lipinski definition) is 1. The van der Waals surface area contributed by atoms with Gasteiger partial charge >= 0.3 is 6.18 Å². The molecule has 31 heavy (non-hydrogen) atoms. The van der Waals surface area contributed by atoms with Gasteiger partial charge in [-0.3, -0.25) is 4.79 Å². The smallest absolute Gasteiger partial charge is 0.416 e. The molecular formula is C22H14ClF3N2O3. The molecule has 1 aromatic heterocycles. The predicted molar refractivity (Wildman–Crippen MR) is 110 cm³/mol. The number of halogens is 4. The number of carbonyl (C=O) groups is 1. The predicted octanol–water partition coefficient (Wildman–Crippen LogP) is 6.18. The molecule has 0 spiro atoms. The summed E-state index contributed by atoms with van der Waals surface area (Å²) >= 11 is 5.95. The van der Waals surface area contributed by atoms with Crippen molar-refractivity contribution in [2.75, 3.05) is 11.9 Å². The molecule has 0 aliphatic heterocycles. The zero-order valence-corrected chi connectivity index (χ0v) is 16.5. The van der Waals surface area contributed by atoms with Crippen LogP contribution in [-0.2, 0) is 11.0 Å². The van der Waals surface area contributed by atoms with Crippen LogP contribution in [0.2, 0.25) is 5.02 Å². The Kier molecular flexibility index (Phi) is 5.56. The topological polar surface area (TPSA) is 64.4 Å². The fraction of sp³-hybridized carbons (Fsp3) is 0.0909. The Morgan fingerprint density at radius 3 is 2.58 bits per heavy atom. The highest BCUT2D eigenvalue weighted by atomic mass is 35.5. The molecule has 5 nitrogen and oxygen atoms in total. The Labute approximate surface area is 179 Å². The summed E-state index contributed by atoms with van der Waals surface area (Å²) < 4.78 is 49.1. The van der Waals surface area contributed by atoms with Gasteiger partial charge in [-0.25, -0.2) is 4.98 Å². The van der Waals surface area contributed by atoms with E-state index in [4.69, 9.17) is 20.8 Å². The van der Waals surface area contributed by atoms with Gasteiger partial charge in [-0.2, -0.15) is 13.2 Å². The molecule has 158 valence electrons. The molecule has 1 N–H and O–H groups in total. The Balaban J connectivity index is 1.38. The molecule has 9 heteroatoms. The van der Waals surface area contributed by atoms with Crippen LogP contribution in [0.5, 0.6) is 5.75 Å². The van der Waals surface area contributed by atoms with Gasteiger partial charge in [0.15, 0.2) is 12.2 Å². The van der Waals surface area contributed by atoms with Gasteiger partial charge in [-0.05, 0) is 60.7 Å². The monoisotopic (exact) mass is 446 g/mol. The van der Waals surface area contributed by atoms with Crippen LogP contribution < -0.4 is 10.1 Å². The van der Waals surface area contributed by atoms with Gasteiger partial charge in [0.05, 0.1) is 5.56 Å². The lowest BCUT2D eigenvalue weighted by atomic mass is 10.2. The highest BCUT2D eigenvalue weighted by Gasteiger charge is 2.30. The number of hydrogen-bond acceptors (Lipinski definition) is 4. The Bertz CT molecular complexity index is 1240. The number of alkyl halides is 3. The van der Waals surface area contributed by atoms with Crippen molar-refractivity contribution in [3.05, 3.63) is 77.3 Å². The lowest BCUT2D eigenvalue weighted by molar-refractivity contribution is -0.137. The number of amides is 1. The normalized spacial score (nSPS) is 11.5. The summed E-state index contributed by atoms with van der Waals surface area (Å²) in [5, 5.41) is 3.17. The summed E-state index contributed by atoms with van der Waals surface area (Å²) in [7, 11) is 0. The largest absolute Gasteiger partial charge is 0.484 e. The summed E-state index contributed by atoms with van der Waals surface area (Å²) in [5.41, 5.74) is 1.57. The lowest BCUT2D eigenvalue weighted by Crippen LogP contribution is -2.20. The van der Waals surface area contributed by atoms with Crippen molar-refractivity contribution in [1.29, 1.82) is 0 Å². The summed E-state index contributed by atoms with van der Waals surface area (Å²) in [4.78, 5) is 16.5. The highest BCUT2D eigenvalue weighted by molar-refractivity contribution is 6.31. The van der Waals surface area contributed by atoms with Crippen LogP contribution in [0.15, 0.2) is 71.1 Å². The number of carbonyl (C=O) groups excluding carboxylic acids is 1. The van der Waals surface area contributed by atoms with E-state index in [1.165, 1.54) is 12.1 Å².